The molecule has 0 bridgehead atoms. The van der Waals surface area contributed by atoms with Gasteiger partial charge in [-0.25, -0.2) is 27.7 Å². The molecule has 3 N–H and O–H groups in total. The van der Waals surface area contributed by atoms with Crippen LogP contribution < -0.4 is 10.2 Å². The van der Waals surface area contributed by atoms with E-state index in [0.29, 0.717) is 37.3 Å². The molecule has 0 saturated carbocycles. The van der Waals surface area contributed by atoms with E-state index in [9.17, 15) is 22.8 Å². The lowest BCUT2D eigenvalue weighted by molar-refractivity contribution is 0.00327. The number of aromatic carboxylic acids is 1. The number of nitrogens with zero attached hydrogens (tertiary/aromatic N) is 3. The third-order valence-corrected chi connectivity index (χ3v) is 6.71. The summed E-state index contributed by atoms with van der Waals surface area (Å²) in [5.74, 6) is -5.18. The molecule has 2 saturated heterocycles. The van der Waals surface area contributed by atoms with Crippen LogP contribution in [-0.4, -0.2) is 70.1 Å². The summed E-state index contributed by atoms with van der Waals surface area (Å²) >= 11 is 0. The largest absolute Gasteiger partial charge is 0.478 e. The molecule has 9 nitrogen and oxygen atoms in total. The molecule has 1 spiro atoms. The zero-order chi connectivity index (χ0) is 28.5. The highest BCUT2D eigenvalue weighted by molar-refractivity contribution is 6.11. The fourth-order valence-electron chi connectivity index (χ4n) is 4.48. The van der Waals surface area contributed by atoms with Gasteiger partial charge in [-0.1, -0.05) is 0 Å². The lowest BCUT2D eigenvalue weighted by Gasteiger charge is -2.37. The Labute approximate surface area is 223 Å². The van der Waals surface area contributed by atoms with Gasteiger partial charge in [0.1, 0.15) is 11.4 Å². The first-order valence-corrected chi connectivity index (χ1v) is 12.4. The predicted molar refractivity (Wildman–Crippen MR) is 138 cm³/mol. The number of amides is 1. The number of aromatic nitrogens is 1. The Kier molecular flexibility index (Phi) is 7.69. The van der Waals surface area contributed by atoms with E-state index >= 15 is 0 Å². The van der Waals surface area contributed by atoms with Crippen LogP contribution in [0.25, 0.3) is 0 Å². The van der Waals surface area contributed by atoms with Crippen molar-refractivity contribution in [2.75, 3.05) is 31.1 Å². The minimum atomic E-state index is -1.63. The van der Waals surface area contributed by atoms with Crippen molar-refractivity contribution in [3.8, 4) is 0 Å². The van der Waals surface area contributed by atoms with Crippen LogP contribution in [0.4, 0.5) is 23.8 Å². The zero-order valence-corrected chi connectivity index (χ0v) is 21.9. The molecule has 0 atom stereocenters. The second-order valence-electron chi connectivity index (χ2n) is 10.8. The van der Waals surface area contributed by atoms with Gasteiger partial charge < -0.3 is 15.2 Å². The molecule has 39 heavy (non-hydrogen) atoms. The van der Waals surface area contributed by atoms with Crippen LogP contribution in [0.15, 0.2) is 42.2 Å². The Bertz CT molecular complexity index is 1320. The molecule has 2 aliphatic rings. The molecule has 1 amide bonds. The summed E-state index contributed by atoms with van der Waals surface area (Å²) in [5, 5.41) is 20.8. The molecule has 12 heteroatoms. The first-order valence-electron chi connectivity index (χ1n) is 12.4. The Hall–Kier alpha value is -3.93. The number of carboxylic acids is 1. The first kappa shape index (κ1) is 28.1. The van der Waals surface area contributed by atoms with Crippen LogP contribution in [0.5, 0.6) is 0 Å². The number of halogens is 3. The van der Waals surface area contributed by atoms with E-state index in [1.54, 1.807) is 6.20 Å². The lowest BCUT2D eigenvalue weighted by Crippen LogP contribution is -2.47. The van der Waals surface area contributed by atoms with Gasteiger partial charge in [-0.3, -0.25) is 15.2 Å². The van der Waals surface area contributed by atoms with Crippen molar-refractivity contribution >= 4 is 23.6 Å². The molecule has 0 aliphatic carbocycles. The number of rotatable bonds is 7. The van der Waals surface area contributed by atoms with Crippen LogP contribution in [0.3, 0.4) is 0 Å². The van der Waals surface area contributed by atoms with Gasteiger partial charge in [0.05, 0.1) is 17.8 Å². The van der Waals surface area contributed by atoms with Gasteiger partial charge in [0.25, 0.3) is 0 Å². The third-order valence-electron chi connectivity index (χ3n) is 6.71. The van der Waals surface area contributed by atoms with Gasteiger partial charge in [0.2, 0.25) is 0 Å². The standard InChI is InChI=1S/C27H30F3N5O4/c1-26(2,3)33-13-17(23(31)18-5-6-19(28)22(30)21(18)29)14-34-10-8-27(9-11-34)15-35(25(38)39-27)20-7-4-16(12-32-20)24(36)37/h4-7,12-13,31,33H,8-11,14-15H2,1-3H3,(H,36,37)/b17-13-,31-23?. The Morgan fingerprint density at radius 3 is 2.46 bits per heavy atom. The Morgan fingerprint density at radius 1 is 1.18 bits per heavy atom. The summed E-state index contributed by atoms with van der Waals surface area (Å²) in [7, 11) is 0. The average Bonchev–Trinajstić information content (AvgIpc) is 3.21. The van der Waals surface area contributed by atoms with Crippen molar-refractivity contribution in [2.45, 2.75) is 44.8 Å². The molecule has 3 heterocycles. The zero-order valence-electron chi connectivity index (χ0n) is 21.9. The van der Waals surface area contributed by atoms with Crippen molar-refractivity contribution < 1.29 is 32.6 Å². The van der Waals surface area contributed by atoms with Crippen LogP contribution in [-0.2, 0) is 4.74 Å². The van der Waals surface area contributed by atoms with Crippen LogP contribution in [0.1, 0.15) is 49.5 Å². The number of piperidine rings is 1. The van der Waals surface area contributed by atoms with E-state index in [4.69, 9.17) is 15.3 Å². The molecule has 208 valence electrons. The van der Waals surface area contributed by atoms with E-state index in [1.807, 2.05) is 25.7 Å². The topological polar surface area (TPSA) is 119 Å². The fraction of sp³-hybridized carbons (Fsp3) is 0.407. The van der Waals surface area contributed by atoms with Gasteiger partial charge in [-0.2, -0.15) is 0 Å². The smallest absolute Gasteiger partial charge is 0.416 e. The number of benzene rings is 1. The molecule has 4 rings (SSSR count). The second kappa shape index (κ2) is 10.7. The maximum Gasteiger partial charge on any atom is 0.416 e. The molecule has 2 aromatic rings. The summed E-state index contributed by atoms with van der Waals surface area (Å²) in [6.45, 7) is 7.21. The lowest BCUT2D eigenvalue weighted by atomic mass is 9.90. The molecule has 0 radical (unpaired) electrons. The van der Waals surface area contributed by atoms with E-state index < -0.39 is 35.1 Å². The first-order chi connectivity index (χ1) is 18.3. The number of carbonyl (C=O) groups is 2. The molecule has 0 unspecified atom stereocenters. The van der Waals surface area contributed by atoms with Crippen molar-refractivity contribution in [3.63, 3.8) is 0 Å². The Balaban J connectivity index is 1.46. The van der Waals surface area contributed by atoms with Crippen LogP contribution in [0, 0.1) is 22.9 Å². The highest BCUT2D eigenvalue weighted by Gasteiger charge is 2.48. The van der Waals surface area contributed by atoms with Gasteiger partial charge in [-0.05, 0) is 45.0 Å². The summed E-state index contributed by atoms with van der Waals surface area (Å²) in [6.07, 6.45) is 3.18. The van der Waals surface area contributed by atoms with E-state index in [1.165, 1.54) is 23.2 Å². The van der Waals surface area contributed by atoms with Crippen molar-refractivity contribution in [1.82, 2.24) is 15.2 Å². The fourth-order valence-corrected chi connectivity index (χ4v) is 4.48. The highest BCUT2D eigenvalue weighted by Crippen LogP contribution is 2.35. The number of pyridine rings is 1. The summed E-state index contributed by atoms with van der Waals surface area (Å²) in [6, 6.07) is 4.68. The Morgan fingerprint density at radius 2 is 1.87 bits per heavy atom. The van der Waals surface area contributed by atoms with Gasteiger partial charge in [0.15, 0.2) is 17.5 Å². The number of ether oxygens (including phenoxy) is 1. The quantitative estimate of drug-likeness (QED) is 0.350. The number of carboxylic acid groups (broad SMARTS) is 1. The summed E-state index contributed by atoms with van der Waals surface area (Å²) < 4.78 is 47.6. The number of hydrogen-bond donors (Lipinski definition) is 3. The van der Waals surface area contributed by atoms with Gasteiger partial charge >= 0.3 is 12.1 Å². The maximum atomic E-state index is 14.5. The number of nitrogens with one attached hydrogen (secondary N) is 2. The van der Waals surface area contributed by atoms with E-state index in [0.717, 1.165) is 12.1 Å². The van der Waals surface area contributed by atoms with Crippen molar-refractivity contribution in [3.05, 3.63) is 70.8 Å². The van der Waals surface area contributed by atoms with Crippen molar-refractivity contribution in [2.24, 2.45) is 0 Å². The molecular weight excluding hydrogens is 515 g/mol. The molecule has 1 aromatic carbocycles. The number of carbonyl (C=O) groups excluding carboxylic acids is 1. The monoisotopic (exact) mass is 545 g/mol. The predicted octanol–water partition coefficient (Wildman–Crippen LogP) is 4.33. The molecular formula is C27H30F3N5O4. The average molecular weight is 546 g/mol. The minimum Gasteiger partial charge on any atom is -0.478 e. The van der Waals surface area contributed by atoms with E-state index in [2.05, 4.69) is 10.3 Å². The third kappa shape index (κ3) is 6.22. The van der Waals surface area contributed by atoms with Crippen molar-refractivity contribution in [1.29, 1.82) is 5.41 Å². The van der Waals surface area contributed by atoms with Gasteiger partial charge in [0, 0.05) is 61.5 Å². The molecule has 1 aromatic heterocycles. The summed E-state index contributed by atoms with van der Waals surface area (Å²) in [5.41, 5.74) is -1.33. The summed E-state index contributed by atoms with van der Waals surface area (Å²) in [4.78, 5) is 31.2. The van der Waals surface area contributed by atoms with E-state index in [-0.39, 0.29) is 35.5 Å². The normalized spacial score (nSPS) is 17.8. The molecule has 2 aliphatic heterocycles. The SMILES string of the molecule is CC(C)(C)N/C=C(/CN1CCC2(CC1)CN(c1ccc(C(=O)O)cn1)C(=O)O2)C(=N)c1ccc(F)c(F)c1F. The van der Waals surface area contributed by atoms with Crippen LogP contribution in [0.2, 0.25) is 0 Å². The number of anilines is 1. The number of likely N-dealkylation sites (tertiary alicyclic amines) is 1. The van der Waals surface area contributed by atoms with Gasteiger partial charge in [-0.15, -0.1) is 0 Å². The van der Waals surface area contributed by atoms with Crippen LogP contribution >= 0.6 is 0 Å². The minimum absolute atomic E-state index is 0.00738. The highest BCUT2D eigenvalue weighted by atomic mass is 19.2. The molecule has 2 fully saturated rings. The maximum absolute atomic E-state index is 14.5. The number of hydrogen-bond acceptors (Lipinski definition) is 7. The second-order valence-corrected chi connectivity index (χ2v) is 10.8.